The molecule has 3 aromatic rings. The maximum absolute atomic E-state index is 12.7. The minimum Gasteiger partial charge on any atom is -0.355 e. The smallest absolute Gasteiger partial charge is 0.355 e. The van der Waals surface area contributed by atoms with Crippen LogP contribution >= 0.6 is 11.3 Å². The number of aromatic nitrogens is 1. The summed E-state index contributed by atoms with van der Waals surface area (Å²) < 4.78 is 43.4. The summed E-state index contributed by atoms with van der Waals surface area (Å²) >= 11 is 1.59. The highest BCUT2D eigenvalue weighted by Crippen LogP contribution is 2.29. The summed E-state index contributed by atoms with van der Waals surface area (Å²) in [6.07, 6.45) is -4.41. The number of rotatable bonds is 4. The van der Waals surface area contributed by atoms with Crippen molar-refractivity contribution < 1.29 is 22.5 Å². The van der Waals surface area contributed by atoms with Crippen LogP contribution in [0.5, 0.6) is 0 Å². The van der Waals surface area contributed by atoms with Crippen molar-refractivity contribution in [3.8, 4) is 10.6 Å². The lowest BCUT2D eigenvalue weighted by Crippen LogP contribution is -2.48. The van der Waals surface area contributed by atoms with Gasteiger partial charge in [0.2, 0.25) is 0 Å². The number of halogens is 3. The van der Waals surface area contributed by atoms with Crippen LogP contribution in [0.1, 0.15) is 21.6 Å². The topological polar surface area (TPSA) is 49.6 Å². The third-order valence-electron chi connectivity index (χ3n) is 4.83. The Labute approximate surface area is 169 Å². The molecule has 9 heteroatoms. The van der Waals surface area contributed by atoms with Crippen molar-refractivity contribution in [2.75, 3.05) is 26.2 Å². The van der Waals surface area contributed by atoms with E-state index in [0.717, 1.165) is 28.5 Å². The molecule has 0 atom stereocenters. The predicted molar refractivity (Wildman–Crippen MR) is 102 cm³/mol. The Morgan fingerprint density at radius 2 is 1.83 bits per heavy atom. The molecule has 152 valence electrons. The van der Waals surface area contributed by atoms with Gasteiger partial charge in [0.1, 0.15) is 0 Å². The number of nitrogens with zero attached hydrogens (tertiary/aromatic N) is 3. The van der Waals surface area contributed by atoms with Gasteiger partial charge in [-0.25, -0.2) is 0 Å². The van der Waals surface area contributed by atoms with E-state index in [-0.39, 0.29) is 11.5 Å². The molecular formula is C20H18F3N3O2S. The monoisotopic (exact) mass is 421 g/mol. The zero-order chi connectivity index (χ0) is 20.4. The van der Waals surface area contributed by atoms with Crippen molar-refractivity contribution in [3.63, 3.8) is 0 Å². The molecule has 5 nitrogen and oxygen atoms in total. The summed E-state index contributed by atoms with van der Waals surface area (Å²) in [4.78, 5) is 17.4. The van der Waals surface area contributed by atoms with Gasteiger partial charge in [-0.15, -0.1) is 11.3 Å². The van der Waals surface area contributed by atoms with Gasteiger partial charge in [0, 0.05) is 44.4 Å². The highest BCUT2D eigenvalue weighted by molar-refractivity contribution is 7.13. The first kappa shape index (κ1) is 19.7. The number of piperazine rings is 1. The van der Waals surface area contributed by atoms with Crippen LogP contribution in [0.2, 0.25) is 0 Å². The average molecular weight is 421 g/mol. The van der Waals surface area contributed by atoms with Crippen LogP contribution in [-0.4, -0.2) is 47.0 Å². The summed E-state index contributed by atoms with van der Waals surface area (Å²) in [6.45, 7) is 2.96. The second-order valence-corrected chi connectivity index (χ2v) is 7.75. The first-order valence-corrected chi connectivity index (χ1v) is 9.96. The predicted octanol–water partition coefficient (Wildman–Crippen LogP) is 4.38. The van der Waals surface area contributed by atoms with Gasteiger partial charge in [0.15, 0.2) is 5.76 Å². The fourth-order valence-corrected chi connectivity index (χ4v) is 3.92. The first-order valence-electron chi connectivity index (χ1n) is 9.08. The van der Waals surface area contributed by atoms with Crippen LogP contribution in [0, 0.1) is 0 Å². The molecule has 3 heterocycles. The number of benzene rings is 1. The van der Waals surface area contributed by atoms with Crippen LogP contribution in [-0.2, 0) is 12.7 Å². The number of hydrogen-bond acceptors (Lipinski definition) is 5. The van der Waals surface area contributed by atoms with E-state index in [4.69, 9.17) is 4.52 Å². The summed E-state index contributed by atoms with van der Waals surface area (Å²) in [7, 11) is 0. The van der Waals surface area contributed by atoms with Crippen molar-refractivity contribution in [3.05, 3.63) is 64.7 Å². The van der Waals surface area contributed by atoms with E-state index in [1.165, 1.54) is 12.1 Å². The van der Waals surface area contributed by atoms with Crippen molar-refractivity contribution in [1.29, 1.82) is 0 Å². The highest BCUT2D eigenvalue weighted by atomic mass is 32.1. The first-order chi connectivity index (χ1) is 13.9. The van der Waals surface area contributed by atoms with E-state index in [0.29, 0.717) is 32.7 Å². The summed E-state index contributed by atoms with van der Waals surface area (Å²) in [5, 5.41) is 6.09. The van der Waals surface area contributed by atoms with Crippen molar-refractivity contribution >= 4 is 17.2 Å². The number of alkyl halides is 3. The average Bonchev–Trinajstić information content (AvgIpc) is 3.39. The van der Waals surface area contributed by atoms with Crippen LogP contribution in [0.3, 0.4) is 0 Å². The van der Waals surface area contributed by atoms with Crippen LogP contribution in [0.25, 0.3) is 10.6 Å². The second-order valence-electron chi connectivity index (χ2n) is 6.80. The van der Waals surface area contributed by atoms with Crippen molar-refractivity contribution in [2.24, 2.45) is 0 Å². The zero-order valence-electron chi connectivity index (χ0n) is 15.4. The van der Waals surface area contributed by atoms with Gasteiger partial charge in [-0.2, -0.15) is 13.2 Å². The van der Waals surface area contributed by atoms with Crippen LogP contribution in [0.4, 0.5) is 13.2 Å². The van der Waals surface area contributed by atoms with Crippen LogP contribution < -0.4 is 0 Å². The van der Waals surface area contributed by atoms with Gasteiger partial charge >= 0.3 is 6.18 Å². The van der Waals surface area contributed by atoms with Crippen LogP contribution in [0.15, 0.2) is 52.4 Å². The molecule has 1 amide bonds. The van der Waals surface area contributed by atoms with E-state index < -0.39 is 11.7 Å². The third-order valence-corrected chi connectivity index (χ3v) is 5.71. The van der Waals surface area contributed by atoms with E-state index in [1.54, 1.807) is 16.2 Å². The largest absolute Gasteiger partial charge is 0.416 e. The molecular weight excluding hydrogens is 403 g/mol. The minimum atomic E-state index is -4.41. The third kappa shape index (κ3) is 4.51. The number of hydrogen-bond donors (Lipinski definition) is 0. The Morgan fingerprint density at radius 1 is 1.10 bits per heavy atom. The Morgan fingerprint density at radius 3 is 2.45 bits per heavy atom. The van der Waals surface area contributed by atoms with E-state index in [2.05, 4.69) is 10.1 Å². The number of carbonyl (C=O) groups is 1. The molecule has 1 aromatic carbocycles. The molecule has 2 aromatic heterocycles. The molecule has 1 aliphatic heterocycles. The molecule has 0 N–H and O–H groups in total. The summed E-state index contributed by atoms with van der Waals surface area (Å²) in [6, 6.07) is 10.2. The molecule has 0 radical (unpaired) electrons. The van der Waals surface area contributed by atoms with E-state index >= 15 is 0 Å². The Kier molecular flexibility index (Phi) is 5.42. The molecule has 0 spiro atoms. The molecule has 0 bridgehead atoms. The minimum absolute atomic E-state index is 0.250. The number of thiophene rings is 1. The number of carbonyl (C=O) groups excluding carboxylic acids is 1. The Hall–Kier alpha value is -2.65. The van der Waals surface area contributed by atoms with Gasteiger partial charge < -0.3 is 9.42 Å². The Bertz CT molecular complexity index is 960. The fraction of sp³-hybridized carbons (Fsp3) is 0.300. The van der Waals surface area contributed by atoms with E-state index in [1.807, 2.05) is 23.6 Å². The molecule has 1 fully saturated rings. The van der Waals surface area contributed by atoms with Gasteiger partial charge in [0.25, 0.3) is 5.91 Å². The molecule has 1 saturated heterocycles. The maximum atomic E-state index is 12.7. The molecule has 29 heavy (non-hydrogen) atoms. The van der Waals surface area contributed by atoms with Crippen molar-refractivity contribution in [1.82, 2.24) is 15.0 Å². The molecule has 0 unspecified atom stereocenters. The van der Waals surface area contributed by atoms with Gasteiger partial charge in [-0.05, 0) is 35.7 Å². The maximum Gasteiger partial charge on any atom is 0.416 e. The SMILES string of the molecule is O=C(c1ccc(C(F)(F)F)cc1)N1CCN(Cc2cc(-c3cccs3)on2)CC1. The highest BCUT2D eigenvalue weighted by Gasteiger charge is 2.30. The van der Waals surface area contributed by atoms with Gasteiger partial charge in [-0.1, -0.05) is 11.2 Å². The lowest BCUT2D eigenvalue weighted by Gasteiger charge is -2.34. The van der Waals surface area contributed by atoms with Gasteiger partial charge in [-0.3, -0.25) is 9.69 Å². The van der Waals surface area contributed by atoms with Gasteiger partial charge in [0.05, 0.1) is 16.1 Å². The molecule has 0 aliphatic carbocycles. The zero-order valence-corrected chi connectivity index (χ0v) is 16.2. The Balaban J connectivity index is 1.31. The van der Waals surface area contributed by atoms with E-state index in [9.17, 15) is 18.0 Å². The standard InChI is InChI=1S/C20H18F3N3O2S/c21-20(22,23)15-5-3-14(4-6-15)19(27)26-9-7-25(8-10-26)13-16-12-17(28-24-16)18-2-1-11-29-18/h1-6,11-12H,7-10,13H2. The number of amides is 1. The lowest BCUT2D eigenvalue weighted by atomic mass is 10.1. The molecule has 4 rings (SSSR count). The molecule has 1 aliphatic rings. The summed E-state index contributed by atoms with van der Waals surface area (Å²) in [5.41, 5.74) is 0.341. The second kappa shape index (κ2) is 8.00. The quantitative estimate of drug-likeness (QED) is 0.627. The normalized spacial score (nSPS) is 15.6. The lowest BCUT2D eigenvalue weighted by molar-refractivity contribution is -0.137. The summed E-state index contributed by atoms with van der Waals surface area (Å²) in [5.74, 6) is 0.492. The van der Waals surface area contributed by atoms with Crippen molar-refractivity contribution in [2.45, 2.75) is 12.7 Å². The molecule has 0 saturated carbocycles. The fourth-order valence-electron chi connectivity index (χ4n) is 3.24.